The summed E-state index contributed by atoms with van der Waals surface area (Å²) in [5.74, 6) is 2.07. The minimum atomic E-state index is 0.365. The fraction of sp³-hybridized carbons (Fsp3) is 0.417. The summed E-state index contributed by atoms with van der Waals surface area (Å²) in [5.41, 5.74) is 0. The van der Waals surface area contributed by atoms with E-state index >= 15 is 0 Å². The lowest BCUT2D eigenvalue weighted by Crippen LogP contribution is -2.05. The van der Waals surface area contributed by atoms with Crippen molar-refractivity contribution in [2.75, 3.05) is 19.0 Å². The van der Waals surface area contributed by atoms with Crippen LogP contribution in [-0.2, 0) is 7.05 Å². The van der Waals surface area contributed by atoms with Crippen molar-refractivity contribution in [2.45, 2.75) is 13.3 Å². The number of rotatable bonds is 6. The van der Waals surface area contributed by atoms with E-state index in [1.54, 1.807) is 24.2 Å². The van der Waals surface area contributed by atoms with Crippen molar-refractivity contribution < 1.29 is 9.47 Å². The van der Waals surface area contributed by atoms with Crippen LogP contribution in [0.5, 0.6) is 17.4 Å². The Morgan fingerprint density at radius 1 is 1.37 bits per heavy atom. The van der Waals surface area contributed by atoms with Crippen LogP contribution in [0.25, 0.3) is 0 Å². The van der Waals surface area contributed by atoms with E-state index in [9.17, 15) is 0 Å². The molecule has 7 heteroatoms. The molecule has 0 saturated carbocycles. The first-order valence-corrected chi connectivity index (χ1v) is 6.04. The highest BCUT2D eigenvalue weighted by molar-refractivity contribution is 5.55. The Hall–Kier alpha value is -2.31. The molecule has 1 N–H and O–H groups in total. The molecule has 0 aliphatic heterocycles. The number of aryl methyl sites for hydroxylation is 1. The average molecular weight is 263 g/mol. The van der Waals surface area contributed by atoms with Crippen LogP contribution >= 0.6 is 0 Å². The van der Waals surface area contributed by atoms with Gasteiger partial charge in [0, 0.05) is 13.6 Å². The molecule has 2 aromatic rings. The molecular weight excluding hydrogens is 246 g/mol. The van der Waals surface area contributed by atoms with Gasteiger partial charge in [0.2, 0.25) is 5.75 Å². The summed E-state index contributed by atoms with van der Waals surface area (Å²) in [7, 11) is 3.38. The maximum atomic E-state index is 5.64. The van der Waals surface area contributed by atoms with Crippen LogP contribution in [0.4, 0.5) is 5.82 Å². The number of hydrogen-bond donors (Lipinski definition) is 1. The lowest BCUT2D eigenvalue weighted by Gasteiger charge is -2.12. The van der Waals surface area contributed by atoms with Gasteiger partial charge in [0.1, 0.15) is 6.33 Å². The van der Waals surface area contributed by atoms with Gasteiger partial charge in [-0.15, -0.1) is 0 Å². The summed E-state index contributed by atoms with van der Waals surface area (Å²) in [4.78, 5) is 8.23. The minimum absolute atomic E-state index is 0.365. The molecule has 0 atom stereocenters. The second-order valence-electron chi connectivity index (χ2n) is 3.94. The Morgan fingerprint density at radius 2 is 2.21 bits per heavy atom. The molecule has 0 spiro atoms. The van der Waals surface area contributed by atoms with Crippen LogP contribution in [0, 0.1) is 0 Å². The smallest absolute Gasteiger partial charge is 0.268 e. The molecule has 19 heavy (non-hydrogen) atoms. The van der Waals surface area contributed by atoms with E-state index < -0.39 is 0 Å². The first kappa shape index (κ1) is 13.1. The molecule has 0 amide bonds. The lowest BCUT2D eigenvalue weighted by molar-refractivity contribution is 0.369. The zero-order valence-electron chi connectivity index (χ0n) is 11.3. The van der Waals surface area contributed by atoms with Crippen molar-refractivity contribution in [3.63, 3.8) is 0 Å². The van der Waals surface area contributed by atoms with Crippen LogP contribution in [0.15, 0.2) is 18.7 Å². The summed E-state index contributed by atoms with van der Waals surface area (Å²) >= 11 is 0. The van der Waals surface area contributed by atoms with E-state index in [4.69, 9.17) is 9.47 Å². The monoisotopic (exact) mass is 263 g/mol. The van der Waals surface area contributed by atoms with E-state index in [-0.39, 0.29) is 0 Å². The van der Waals surface area contributed by atoms with Crippen LogP contribution in [-0.4, -0.2) is 33.4 Å². The molecule has 0 aromatic carbocycles. The van der Waals surface area contributed by atoms with Gasteiger partial charge in [-0.25, -0.2) is 4.98 Å². The third-order valence-corrected chi connectivity index (χ3v) is 2.41. The maximum Gasteiger partial charge on any atom is 0.268 e. The van der Waals surface area contributed by atoms with Crippen molar-refractivity contribution in [1.29, 1.82) is 0 Å². The van der Waals surface area contributed by atoms with Gasteiger partial charge >= 0.3 is 0 Å². The summed E-state index contributed by atoms with van der Waals surface area (Å²) in [5, 5.41) is 7.20. The van der Waals surface area contributed by atoms with Gasteiger partial charge in [0.25, 0.3) is 5.88 Å². The highest BCUT2D eigenvalue weighted by Gasteiger charge is 2.14. The molecule has 7 nitrogen and oxygen atoms in total. The van der Waals surface area contributed by atoms with E-state index in [2.05, 4.69) is 27.3 Å². The standard InChI is InChI=1S/C12H17N5O2/c1-4-5-13-11-10(18-3)12(15-8-14-11)19-9-6-16-17(2)7-9/h6-8H,4-5H2,1-3H3,(H,13,14,15). The third-order valence-electron chi connectivity index (χ3n) is 2.41. The second kappa shape index (κ2) is 6.03. The molecule has 0 bridgehead atoms. The number of nitrogens with zero attached hydrogens (tertiary/aromatic N) is 4. The van der Waals surface area contributed by atoms with Gasteiger partial charge in [0.15, 0.2) is 11.6 Å². The van der Waals surface area contributed by atoms with Crippen LogP contribution < -0.4 is 14.8 Å². The molecule has 0 unspecified atom stereocenters. The molecule has 0 aliphatic rings. The molecule has 2 heterocycles. The number of nitrogens with one attached hydrogen (secondary N) is 1. The Kier molecular flexibility index (Phi) is 4.17. The number of anilines is 1. The molecule has 0 radical (unpaired) electrons. The molecule has 2 rings (SSSR count). The molecule has 2 aromatic heterocycles. The highest BCUT2D eigenvalue weighted by Crippen LogP contribution is 2.33. The van der Waals surface area contributed by atoms with Crippen LogP contribution in [0.2, 0.25) is 0 Å². The number of aromatic nitrogens is 4. The quantitative estimate of drug-likeness (QED) is 0.857. The van der Waals surface area contributed by atoms with Crippen molar-refractivity contribution >= 4 is 5.82 Å². The van der Waals surface area contributed by atoms with Crippen molar-refractivity contribution in [3.05, 3.63) is 18.7 Å². The molecular formula is C12H17N5O2. The maximum absolute atomic E-state index is 5.64. The first-order chi connectivity index (χ1) is 9.24. The minimum Gasteiger partial charge on any atom is -0.489 e. The number of hydrogen-bond acceptors (Lipinski definition) is 6. The van der Waals surface area contributed by atoms with Crippen molar-refractivity contribution in [2.24, 2.45) is 7.05 Å². The molecule has 0 fully saturated rings. The molecule has 102 valence electrons. The zero-order valence-corrected chi connectivity index (χ0v) is 11.3. The van der Waals surface area contributed by atoms with Gasteiger partial charge in [-0.2, -0.15) is 10.1 Å². The van der Waals surface area contributed by atoms with Gasteiger partial charge in [-0.1, -0.05) is 6.92 Å². The summed E-state index contributed by atoms with van der Waals surface area (Å²) in [6, 6.07) is 0. The Balaban J connectivity index is 2.24. The van der Waals surface area contributed by atoms with Crippen molar-refractivity contribution in [3.8, 4) is 17.4 Å². The predicted molar refractivity (Wildman–Crippen MR) is 70.6 cm³/mol. The van der Waals surface area contributed by atoms with E-state index in [0.29, 0.717) is 23.2 Å². The van der Waals surface area contributed by atoms with Crippen LogP contribution in [0.1, 0.15) is 13.3 Å². The van der Waals surface area contributed by atoms with Crippen LogP contribution in [0.3, 0.4) is 0 Å². The molecule has 0 saturated heterocycles. The fourth-order valence-corrected chi connectivity index (χ4v) is 1.55. The SMILES string of the molecule is CCCNc1ncnc(Oc2cnn(C)c2)c1OC. The van der Waals surface area contributed by atoms with Gasteiger partial charge in [0.05, 0.1) is 19.5 Å². The summed E-state index contributed by atoms with van der Waals surface area (Å²) in [6.07, 6.45) is 5.79. The number of ether oxygens (including phenoxy) is 2. The Bertz CT molecular complexity index is 541. The van der Waals surface area contributed by atoms with E-state index in [1.807, 2.05) is 7.05 Å². The van der Waals surface area contributed by atoms with E-state index in [1.165, 1.54) is 6.33 Å². The fourth-order valence-electron chi connectivity index (χ4n) is 1.55. The molecule has 0 aliphatic carbocycles. The Labute approximate surface area is 111 Å². The third kappa shape index (κ3) is 3.12. The first-order valence-electron chi connectivity index (χ1n) is 6.04. The van der Waals surface area contributed by atoms with Gasteiger partial charge in [-0.05, 0) is 6.42 Å². The lowest BCUT2D eigenvalue weighted by atomic mass is 10.4. The normalized spacial score (nSPS) is 10.3. The van der Waals surface area contributed by atoms with E-state index in [0.717, 1.165) is 13.0 Å². The topological polar surface area (TPSA) is 74.1 Å². The number of methoxy groups -OCH3 is 1. The second-order valence-corrected chi connectivity index (χ2v) is 3.94. The van der Waals surface area contributed by atoms with Gasteiger partial charge in [-0.3, -0.25) is 4.68 Å². The summed E-state index contributed by atoms with van der Waals surface area (Å²) in [6.45, 7) is 2.88. The van der Waals surface area contributed by atoms with Gasteiger partial charge < -0.3 is 14.8 Å². The highest BCUT2D eigenvalue weighted by atomic mass is 16.5. The predicted octanol–water partition coefficient (Wildman–Crippen LogP) is 1.83. The zero-order chi connectivity index (χ0) is 13.7. The van der Waals surface area contributed by atoms with Crippen molar-refractivity contribution in [1.82, 2.24) is 19.7 Å². The Morgan fingerprint density at radius 3 is 2.84 bits per heavy atom. The summed E-state index contributed by atoms with van der Waals surface area (Å²) < 4.78 is 12.6. The average Bonchev–Trinajstić information content (AvgIpc) is 2.82. The largest absolute Gasteiger partial charge is 0.489 e.